The molecule has 188 valence electrons. The van der Waals surface area contributed by atoms with Gasteiger partial charge in [-0.15, -0.1) is 0 Å². The van der Waals surface area contributed by atoms with Crippen molar-refractivity contribution in [1.29, 1.82) is 0 Å². The van der Waals surface area contributed by atoms with Crippen molar-refractivity contribution in [2.24, 2.45) is 0 Å². The molecule has 5 heteroatoms. The topological polar surface area (TPSA) is 48.0 Å². The van der Waals surface area contributed by atoms with Crippen molar-refractivity contribution in [3.63, 3.8) is 0 Å². The summed E-state index contributed by atoms with van der Waals surface area (Å²) >= 11 is 0. The van der Waals surface area contributed by atoms with Crippen LogP contribution in [-0.4, -0.2) is 63.0 Å². The van der Waals surface area contributed by atoms with E-state index in [9.17, 15) is 4.79 Å². The molecule has 1 heterocycles. The lowest BCUT2D eigenvalue weighted by atomic mass is 10.1. The Balaban J connectivity index is 1.95. The first kappa shape index (κ1) is 29.1. The maximum atomic E-state index is 11.9. The molecule has 1 rings (SSSR count). The van der Waals surface area contributed by atoms with E-state index in [-0.39, 0.29) is 24.2 Å². The van der Waals surface area contributed by atoms with Crippen LogP contribution in [0.2, 0.25) is 0 Å². The summed E-state index contributed by atoms with van der Waals surface area (Å²) in [5, 5.41) is 0. The number of hydrogen-bond acceptors (Lipinski definition) is 4. The quantitative estimate of drug-likeness (QED) is 0.160. The van der Waals surface area contributed by atoms with Gasteiger partial charge in [0.25, 0.3) is 0 Å². The van der Waals surface area contributed by atoms with Crippen molar-refractivity contribution in [1.82, 2.24) is 4.90 Å². The van der Waals surface area contributed by atoms with Crippen molar-refractivity contribution in [2.75, 3.05) is 34.0 Å². The summed E-state index contributed by atoms with van der Waals surface area (Å²) in [6, 6.07) is -0.0587. The van der Waals surface area contributed by atoms with Crippen molar-refractivity contribution < 1.29 is 19.0 Å². The van der Waals surface area contributed by atoms with E-state index in [1.807, 2.05) is 4.90 Å². The van der Waals surface area contributed by atoms with Gasteiger partial charge in [0.15, 0.2) is 0 Å². The van der Waals surface area contributed by atoms with Crippen LogP contribution >= 0.6 is 0 Å². The Bertz CT molecular complexity index is 482. The van der Waals surface area contributed by atoms with Crippen LogP contribution in [0.1, 0.15) is 104 Å². The normalized spacial score (nSPS) is 21.1. The van der Waals surface area contributed by atoms with Crippen molar-refractivity contribution in [3.8, 4) is 0 Å². The van der Waals surface area contributed by atoms with Gasteiger partial charge in [-0.1, -0.05) is 76.9 Å². The second kappa shape index (κ2) is 19.5. The van der Waals surface area contributed by atoms with Gasteiger partial charge in [-0.3, -0.25) is 4.79 Å². The predicted molar refractivity (Wildman–Crippen MR) is 133 cm³/mol. The van der Waals surface area contributed by atoms with Crippen LogP contribution < -0.4 is 0 Å². The van der Waals surface area contributed by atoms with Gasteiger partial charge in [-0.2, -0.15) is 0 Å². The SMILES string of the molecule is CCCCCCCC/C=C\CCCCCCCCOC[C@@H]1[C@@H](OC)[C@@H](OC)CN1C(C)=O. The van der Waals surface area contributed by atoms with E-state index < -0.39 is 0 Å². The number of amides is 1. The van der Waals surface area contributed by atoms with Gasteiger partial charge >= 0.3 is 0 Å². The Kier molecular flexibility index (Phi) is 17.8. The van der Waals surface area contributed by atoms with Crippen molar-refractivity contribution in [2.45, 2.75) is 122 Å². The van der Waals surface area contributed by atoms with Crippen LogP contribution in [0.4, 0.5) is 0 Å². The molecule has 0 bridgehead atoms. The summed E-state index contributed by atoms with van der Waals surface area (Å²) in [4.78, 5) is 13.8. The fraction of sp³-hybridized carbons (Fsp3) is 0.889. The zero-order valence-corrected chi connectivity index (χ0v) is 21.5. The minimum atomic E-state index is -0.122. The zero-order valence-electron chi connectivity index (χ0n) is 21.5. The molecule has 5 nitrogen and oxygen atoms in total. The van der Waals surface area contributed by atoms with E-state index in [1.165, 1.54) is 83.5 Å². The third-order valence-corrected chi connectivity index (χ3v) is 6.59. The Morgan fingerprint density at radius 1 is 0.844 bits per heavy atom. The summed E-state index contributed by atoms with van der Waals surface area (Å²) in [5.41, 5.74) is 0. The molecule has 1 aliphatic heterocycles. The summed E-state index contributed by atoms with van der Waals surface area (Å²) in [7, 11) is 3.35. The highest BCUT2D eigenvalue weighted by Crippen LogP contribution is 2.24. The summed E-state index contributed by atoms with van der Waals surface area (Å²) < 4.78 is 17.0. The molecule has 0 aromatic carbocycles. The second-order valence-electron chi connectivity index (χ2n) is 9.23. The minimum Gasteiger partial charge on any atom is -0.379 e. The lowest BCUT2D eigenvalue weighted by molar-refractivity contribution is -0.132. The van der Waals surface area contributed by atoms with Gasteiger partial charge in [0.05, 0.1) is 12.6 Å². The molecule has 1 fully saturated rings. The molecular weight excluding hydrogens is 402 g/mol. The lowest BCUT2D eigenvalue weighted by Gasteiger charge is -2.26. The number of ether oxygens (including phenoxy) is 3. The summed E-state index contributed by atoms with van der Waals surface area (Å²) in [6.07, 6.45) is 22.9. The first-order valence-electron chi connectivity index (χ1n) is 13.2. The number of carbonyl (C=O) groups excluding carboxylic acids is 1. The highest BCUT2D eigenvalue weighted by Gasteiger charge is 2.43. The molecule has 0 unspecified atom stereocenters. The summed E-state index contributed by atoms with van der Waals surface area (Å²) in [6.45, 7) is 5.71. The molecule has 0 aromatic rings. The number of methoxy groups -OCH3 is 2. The molecule has 3 atom stereocenters. The molecule has 1 aliphatic rings. The number of allylic oxidation sites excluding steroid dienone is 2. The van der Waals surface area contributed by atoms with Gasteiger partial charge in [0.1, 0.15) is 12.2 Å². The molecule has 0 aliphatic carbocycles. The molecule has 32 heavy (non-hydrogen) atoms. The largest absolute Gasteiger partial charge is 0.379 e. The molecule has 0 saturated carbocycles. The Labute approximate surface area is 198 Å². The van der Waals surface area contributed by atoms with Crippen LogP contribution in [0.3, 0.4) is 0 Å². The Morgan fingerprint density at radius 3 is 1.94 bits per heavy atom. The molecular formula is C27H51NO4. The first-order valence-corrected chi connectivity index (χ1v) is 13.2. The average Bonchev–Trinajstić information content (AvgIpc) is 3.16. The number of likely N-dealkylation sites (tertiary alicyclic amines) is 1. The van der Waals surface area contributed by atoms with E-state index >= 15 is 0 Å². The number of carbonyl (C=O) groups is 1. The standard InChI is InChI=1S/C27H51NO4/c1-5-6-7-8-9-10-11-12-13-14-15-16-17-18-19-20-21-32-23-25-27(31-4)26(30-3)22-28(25)24(2)29/h12-13,25-27H,5-11,14-23H2,1-4H3/b13-12-/t25-,26+,27-/m1/s1. The molecule has 0 radical (unpaired) electrons. The van der Waals surface area contributed by atoms with E-state index in [0.29, 0.717) is 13.2 Å². The second-order valence-corrected chi connectivity index (χ2v) is 9.23. The fourth-order valence-corrected chi connectivity index (χ4v) is 4.58. The van der Waals surface area contributed by atoms with Gasteiger partial charge < -0.3 is 19.1 Å². The highest BCUT2D eigenvalue weighted by molar-refractivity contribution is 5.74. The van der Waals surface area contributed by atoms with Crippen molar-refractivity contribution in [3.05, 3.63) is 12.2 Å². The van der Waals surface area contributed by atoms with Crippen LogP contribution in [-0.2, 0) is 19.0 Å². The van der Waals surface area contributed by atoms with Gasteiger partial charge in [-0.05, 0) is 32.1 Å². The highest BCUT2D eigenvalue weighted by atomic mass is 16.5. The van der Waals surface area contributed by atoms with Crippen molar-refractivity contribution >= 4 is 5.91 Å². The zero-order chi connectivity index (χ0) is 23.4. The van der Waals surface area contributed by atoms with Crippen LogP contribution in [0.15, 0.2) is 12.2 Å². The monoisotopic (exact) mass is 453 g/mol. The van der Waals surface area contributed by atoms with Gasteiger partial charge in [0, 0.05) is 34.3 Å². The molecule has 0 spiro atoms. The smallest absolute Gasteiger partial charge is 0.219 e. The number of unbranched alkanes of at least 4 members (excludes halogenated alkanes) is 12. The van der Waals surface area contributed by atoms with E-state index in [1.54, 1.807) is 21.1 Å². The van der Waals surface area contributed by atoms with Gasteiger partial charge in [0.2, 0.25) is 5.91 Å². The van der Waals surface area contributed by atoms with Crippen LogP contribution in [0.25, 0.3) is 0 Å². The molecule has 1 amide bonds. The minimum absolute atomic E-state index is 0.0532. The fourth-order valence-electron chi connectivity index (χ4n) is 4.58. The predicted octanol–water partition coefficient (Wildman–Crippen LogP) is 6.30. The summed E-state index contributed by atoms with van der Waals surface area (Å²) in [5.74, 6) is 0.0532. The number of hydrogen-bond donors (Lipinski definition) is 0. The first-order chi connectivity index (χ1) is 15.7. The average molecular weight is 454 g/mol. The number of nitrogens with zero attached hydrogens (tertiary/aromatic N) is 1. The lowest BCUT2D eigenvalue weighted by Crippen LogP contribution is -2.43. The van der Waals surface area contributed by atoms with E-state index in [2.05, 4.69) is 19.1 Å². The maximum Gasteiger partial charge on any atom is 0.219 e. The van der Waals surface area contributed by atoms with Crippen LogP contribution in [0.5, 0.6) is 0 Å². The molecule has 0 N–H and O–H groups in total. The van der Waals surface area contributed by atoms with Gasteiger partial charge in [-0.25, -0.2) is 0 Å². The Hall–Kier alpha value is -0.910. The molecule has 0 aromatic heterocycles. The third kappa shape index (κ3) is 12.4. The van der Waals surface area contributed by atoms with E-state index in [4.69, 9.17) is 14.2 Å². The maximum absolute atomic E-state index is 11.9. The number of rotatable bonds is 20. The van der Waals surface area contributed by atoms with Crippen LogP contribution in [0, 0.1) is 0 Å². The Morgan fingerprint density at radius 2 is 1.41 bits per heavy atom. The van der Waals surface area contributed by atoms with E-state index in [0.717, 1.165) is 13.0 Å². The molecule has 1 saturated heterocycles. The third-order valence-electron chi connectivity index (χ3n) is 6.59.